The Balaban J connectivity index is 2.06. The van der Waals surface area contributed by atoms with Gasteiger partial charge in [-0.05, 0) is 32.4 Å². The molecule has 0 aromatic heterocycles. The predicted molar refractivity (Wildman–Crippen MR) is 71.7 cm³/mol. The number of hydrogen-bond acceptors (Lipinski definition) is 3. The lowest BCUT2D eigenvalue weighted by molar-refractivity contribution is -0.142. The van der Waals surface area contributed by atoms with Crippen molar-refractivity contribution in [3.05, 3.63) is 0 Å². The van der Waals surface area contributed by atoms with Crippen LogP contribution in [0.5, 0.6) is 0 Å². The van der Waals surface area contributed by atoms with Gasteiger partial charge >= 0.3 is 5.97 Å². The van der Waals surface area contributed by atoms with E-state index in [1.54, 1.807) is 0 Å². The molecule has 1 N–H and O–H groups in total. The van der Waals surface area contributed by atoms with Crippen LogP contribution in [-0.4, -0.2) is 60.0 Å². The summed E-state index contributed by atoms with van der Waals surface area (Å²) in [5, 5.41) is 9.18. The summed E-state index contributed by atoms with van der Waals surface area (Å²) in [5.41, 5.74) is -0.395. The Kier molecular flexibility index (Phi) is 3.60. The van der Waals surface area contributed by atoms with Crippen molar-refractivity contribution in [3.63, 3.8) is 0 Å². The molecule has 0 bridgehead atoms. The first-order valence-electron chi connectivity index (χ1n) is 6.95. The molecular formula is C14H24N2O3. The van der Waals surface area contributed by atoms with Crippen molar-refractivity contribution in [2.75, 3.05) is 27.2 Å². The highest BCUT2D eigenvalue weighted by molar-refractivity contribution is 5.92. The maximum atomic E-state index is 12.6. The summed E-state index contributed by atoms with van der Waals surface area (Å²) < 4.78 is 0. The quantitative estimate of drug-likeness (QED) is 0.823. The van der Waals surface area contributed by atoms with E-state index in [0.29, 0.717) is 0 Å². The Bertz CT molecular complexity index is 392. The van der Waals surface area contributed by atoms with E-state index < -0.39 is 17.3 Å². The number of carbonyl (C=O) groups is 2. The van der Waals surface area contributed by atoms with Crippen molar-refractivity contribution in [1.82, 2.24) is 9.80 Å². The monoisotopic (exact) mass is 268 g/mol. The molecule has 0 radical (unpaired) electrons. The Hall–Kier alpha value is -1.10. The van der Waals surface area contributed by atoms with Crippen molar-refractivity contribution < 1.29 is 14.7 Å². The highest BCUT2D eigenvalue weighted by atomic mass is 16.4. The Morgan fingerprint density at radius 3 is 2.42 bits per heavy atom. The summed E-state index contributed by atoms with van der Waals surface area (Å²) in [6.07, 6.45) is 2.05. The second kappa shape index (κ2) is 4.78. The van der Waals surface area contributed by atoms with Crippen molar-refractivity contribution in [1.29, 1.82) is 0 Å². The van der Waals surface area contributed by atoms with Crippen LogP contribution in [0, 0.1) is 17.3 Å². The molecule has 19 heavy (non-hydrogen) atoms. The lowest BCUT2D eigenvalue weighted by Crippen LogP contribution is -2.42. The number of nitrogens with zero attached hydrogens (tertiary/aromatic N) is 2. The molecule has 1 amide bonds. The molecule has 5 heteroatoms. The highest BCUT2D eigenvalue weighted by Gasteiger charge is 2.67. The molecule has 3 atom stereocenters. The third-order valence-corrected chi connectivity index (χ3v) is 4.60. The first-order chi connectivity index (χ1) is 8.76. The summed E-state index contributed by atoms with van der Waals surface area (Å²) in [5.74, 6) is -1.65. The van der Waals surface area contributed by atoms with Crippen LogP contribution in [0.4, 0.5) is 0 Å². The van der Waals surface area contributed by atoms with Crippen molar-refractivity contribution in [2.45, 2.75) is 32.7 Å². The molecule has 2 aliphatic rings. The molecule has 5 nitrogen and oxygen atoms in total. The van der Waals surface area contributed by atoms with Crippen LogP contribution in [0.3, 0.4) is 0 Å². The zero-order valence-electron chi connectivity index (χ0n) is 12.2. The molecule has 0 spiro atoms. The van der Waals surface area contributed by atoms with Gasteiger partial charge in [-0.25, -0.2) is 0 Å². The van der Waals surface area contributed by atoms with Gasteiger partial charge in [-0.3, -0.25) is 9.59 Å². The largest absolute Gasteiger partial charge is 0.481 e. The SMILES string of the molecule is CN(C)CC1CCCN1C(=O)[C@H]1[C@@H](C(=O)O)C1(C)C. The number of carboxylic acid groups (broad SMARTS) is 1. The first-order valence-corrected chi connectivity index (χ1v) is 6.95. The zero-order valence-corrected chi connectivity index (χ0v) is 12.2. The highest BCUT2D eigenvalue weighted by Crippen LogP contribution is 2.59. The Morgan fingerprint density at radius 1 is 1.32 bits per heavy atom. The molecule has 1 saturated heterocycles. The molecular weight excluding hydrogens is 244 g/mol. The van der Waals surface area contributed by atoms with E-state index >= 15 is 0 Å². The normalized spacial score (nSPS) is 32.7. The molecule has 2 rings (SSSR count). The van der Waals surface area contributed by atoms with Crippen LogP contribution in [-0.2, 0) is 9.59 Å². The molecule has 2 fully saturated rings. The minimum Gasteiger partial charge on any atom is -0.481 e. The minimum absolute atomic E-state index is 0.0433. The number of rotatable bonds is 4. The topological polar surface area (TPSA) is 60.9 Å². The molecule has 1 heterocycles. The Labute approximate surface area is 114 Å². The second-order valence-electron chi connectivity index (χ2n) is 6.70. The van der Waals surface area contributed by atoms with Gasteiger partial charge in [0.05, 0.1) is 11.8 Å². The zero-order chi connectivity index (χ0) is 14.4. The number of likely N-dealkylation sites (N-methyl/N-ethyl adjacent to an activating group) is 1. The van der Waals surface area contributed by atoms with Gasteiger partial charge in [-0.15, -0.1) is 0 Å². The summed E-state index contributed by atoms with van der Waals surface area (Å²) in [6.45, 7) is 5.39. The maximum Gasteiger partial charge on any atom is 0.307 e. The van der Waals surface area contributed by atoms with Gasteiger partial charge in [-0.1, -0.05) is 13.8 Å². The van der Waals surface area contributed by atoms with E-state index in [4.69, 9.17) is 0 Å². The van der Waals surface area contributed by atoms with Gasteiger partial charge in [0.15, 0.2) is 0 Å². The van der Waals surface area contributed by atoms with Crippen LogP contribution in [0.15, 0.2) is 0 Å². The van der Waals surface area contributed by atoms with Gasteiger partial charge in [-0.2, -0.15) is 0 Å². The van der Waals surface area contributed by atoms with Crippen LogP contribution in [0.2, 0.25) is 0 Å². The van der Waals surface area contributed by atoms with Gasteiger partial charge in [0, 0.05) is 19.1 Å². The fourth-order valence-corrected chi connectivity index (χ4v) is 3.48. The number of hydrogen-bond donors (Lipinski definition) is 1. The van der Waals surface area contributed by atoms with Crippen LogP contribution in [0.25, 0.3) is 0 Å². The summed E-state index contributed by atoms with van der Waals surface area (Å²) in [7, 11) is 4.00. The lowest BCUT2D eigenvalue weighted by Gasteiger charge is -2.27. The van der Waals surface area contributed by atoms with Crippen LogP contribution >= 0.6 is 0 Å². The average Bonchev–Trinajstić information content (AvgIpc) is 2.65. The van der Waals surface area contributed by atoms with E-state index in [0.717, 1.165) is 25.9 Å². The summed E-state index contributed by atoms with van der Waals surface area (Å²) >= 11 is 0. The van der Waals surface area contributed by atoms with Crippen molar-refractivity contribution >= 4 is 11.9 Å². The van der Waals surface area contributed by atoms with E-state index in [9.17, 15) is 14.7 Å². The van der Waals surface area contributed by atoms with Crippen LogP contribution in [0.1, 0.15) is 26.7 Å². The molecule has 1 aliphatic heterocycles. The number of amides is 1. The summed E-state index contributed by atoms with van der Waals surface area (Å²) in [6, 6.07) is 0.244. The van der Waals surface area contributed by atoms with Gasteiger partial charge in [0.1, 0.15) is 0 Å². The molecule has 0 aromatic carbocycles. The standard InChI is InChI=1S/C14H24N2O3/c1-14(2)10(11(14)13(18)19)12(17)16-7-5-6-9(16)8-15(3)4/h9-11H,5-8H2,1-4H3,(H,18,19)/t9?,10-,11+/m1/s1. The number of carboxylic acids is 1. The Morgan fingerprint density at radius 2 is 1.95 bits per heavy atom. The molecule has 108 valence electrons. The predicted octanol–water partition coefficient (Wildman–Crippen LogP) is 0.896. The maximum absolute atomic E-state index is 12.6. The molecule has 1 unspecified atom stereocenters. The fourth-order valence-electron chi connectivity index (χ4n) is 3.48. The number of carbonyl (C=O) groups excluding carboxylic acids is 1. The van der Waals surface area contributed by atoms with Crippen molar-refractivity contribution in [2.24, 2.45) is 17.3 Å². The average molecular weight is 268 g/mol. The molecule has 0 aromatic rings. The van der Waals surface area contributed by atoms with Crippen LogP contribution < -0.4 is 0 Å². The summed E-state index contributed by atoms with van der Waals surface area (Å²) in [4.78, 5) is 27.8. The van der Waals surface area contributed by atoms with E-state index in [1.807, 2.05) is 32.8 Å². The van der Waals surface area contributed by atoms with E-state index in [-0.39, 0.29) is 17.9 Å². The fraction of sp³-hybridized carbons (Fsp3) is 0.857. The smallest absolute Gasteiger partial charge is 0.307 e. The molecule has 1 aliphatic carbocycles. The third kappa shape index (κ3) is 2.48. The van der Waals surface area contributed by atoms with E-state index in [2.05, 4.69) is 4.90 Å². The first kappa shape index (κ1) is 14.3. The van der Waals surface area contributed by atoms with Crippen molar-refractivity contribution in [3.8, 4) is 0 Å². The number of aliphatic carboxylic acids is 1. The lowest BCUT2D eigenvalue weighted by atomic mass is 10.1. The third-order valence-electron chi connectivity index (χ3n) is 4.60. The number of likely N-dealkylation sites (tertiary alicyclic amines) is 1. The molecule has 1 saturated carbocycles. The van der Waals surface area contributed by atoms with E-state index in [1.165, 1.54) is 0 Å². The minimum atomic E-state index is -0.841. The second-order valence-corrected chi connectivity index (χ2v) is 6.70. The van der Waals surface area contributed by atoms with Gasteiger partial charge < -0.3 is 14.9 Å². The van der Waals surface area contributed by atoms with Gasteiger partial charge in [0.2, 0.25) is 5.91 Å². The van der Waals surface area contributed by atoms with Gasteiger partial charge in [0.25, 0.3) is 0 Å².